The Morgan fingerprint density at radius 3 is 2.78 bits per heavy atom. The van der Waals surface area contributed by atoms with Crippen molar-refractivity contribution in [2.75, 3.05) is 13.1 Å². The molecule has 2 unspecified atom stereocenters. The Labute approximate surface area is 168 Å². The molecule has 3 aromatic rings. The van der Waals surface area contributed by atoms with Crippen LogP contribution in [0.4, 0.5) is 0 Å². The zero-order valence-corrected chi connectivity index (χ0v) is 17.1. The maximum Gasteiger partial charge on any atom is 0.234 e. The third kappa shape index (κ3) is 4.32. The molecule has 4 rings (SSSR count). The summed E-state index contributed by atoms with van der Waals surface area (Å²) in [5.74, 6) is 0.0936. The number of nitrogens with one attached hydrogen (secondary N) is 1. The van der Waals surface area contributed by atoms with Crippen LogP contribution in [-0.2, 0) is 4.79 Å². The van der Waals surface area contributed by atoms with Crippen LogP contribution in [0.2, 0.25) is 0 Å². The van der Waals surface area contributed by atoms with E-state index >= 15 is 0 Å². The minimum atomic E-state index is -0.0831. The standard InChI is InChI=1S/C22H24N2OS2/c1-16-6-8-17(9-7-16)22(20-5-3-12-27-20)23-21(25)14-24-11-2-4-19(24)18-10-13-26-15-18/h3,5-10,12-13,15,19,22H,2,4,11,14H2,1H3,(H,23,25). The van der Waals surface area contributed by atoms with E-state index in [0.717, 1.165) is 24.9 Å². The average Bonchev–Trinajstić information content (AvgIpc) is 3.42. The largest absolute Gasteiger partial charge is 0.343 e. The maximum absolute atomic E-state index is 12.9. The topological polar surface area (TPSA) is 32.3 Å². The molecule has 0 radical (unpaired) electrons. The van der Waals surface area contributed by atoms with Crippen LogP contribution in [0, 0.1) is 6.92 Å². The summed E-state index contributed by atoms with van der Waals surface area (Å²) in [6.07, 6.45) is 2.29. The second-order valence-corrected chi connectivity index (χ2v) is 8.87. The fourth-order valence-corrected chi connectivity index (χ4v) is 5.29. The van der Waals surface area contributed by atoms with Gasteiger partial charge in [0.25, 0.3) is 0 Å². The highest BCUT2D eigenvalue weighted by molar-refractivity contribution is 7.10. The van der Waals surface area contributed by atoms with Gasteiger partial charge in [-0.05, 0) is 65.7 Å². The zero-order chi connectivity index (χ0) is 18.6. The lowest BCUT2D eigenvalue weighted by atomic mass is 10.0. The van der Waals surface area contributed by atoms with Gasteiger partial charge >= 0.3 is 0 Å². The Kier molecular flexibility index (Phi) is 5.72. The van der Waals surface area contributed by atoms with Crippen molar-refractivity contribution in [1.29, 1.82) is 0 Å². The summed E-state index contributed by atoms with van der Waals surface area (Å²) < 4.78 is 0. The quantitative estimate of drug-likeness (QED) is 0.624. The van der Waals surface area contributed by atoms with Crippen LogP contribution >= 0.6 is 22.7 Å². The van der Waals surface area contributed by atoms with Gasteiger partial charge in [-0.25, -0.2) is 0 Å². The van der Waals surface area contributed by atoms with Crippen molar-refractivity contribution in [3.8, 4) is 0 Å². The van der Waals surface area contributed by atoms with E-state index in [4.69, 9.17) is 0 Å². The van der Waals surface area contributed by atoms with Crippen molar-refractivity contribution < 1.29 is 4.79 Å². The van der Waals surface area contributed by atoms with Crippen LogP contribution in [0.5, 0.6) is 0 Å². The van der Waals surface area contributed by atoms with Gasteiger partial charge in [-0.1, -0.05) is 35.9 Å². The van der Waals surface area contributed by atoms with Crippen molar-refractivity contribution >= 4 is 28.6 Å². The molecule has 1 saturated heterocycles. The molecule has 140 valence electrons. The van der Waals surface area contributed by atoms with Gasteiger partial charge in [-0.3, -0.25) is 9.69 Å². The van der Waals surface area contributed by atoms with Crippen molar-refractivity contribution in [2.24, 2.45) is 0 Å². The highest BCUT2D eigenvalue weighted by atomic mass is 32.1. The first kappa shape index (κ1) is 18.4. The molecule has 27 heavy (non-hydrogen) atoms. The number of carbonyl (C=O) groups excluding carboxylic acids is 1. The summed E-state index contributed by atoms with van der Waals surface area (Å²) in [4.78, 5) is 16.4. The molecular weight excluding hydrogens is 372 g/mol. The number of hydrogen-bond donors (Lipinski definition) is 1. The number of hydrogen-bond acceptors (Lipinski definition) is 4. The van der Waals surface area contributed by atoms with Crippen molar-refractivity contribution in [3.63, 3.8) is 0 Å². The molecule has 1 aliphatic rings. The molecule has 0 aliphatic carbocycles. The predicted molar refractivity (Wildman–Crippen MR) is 113 cm³/mol. The highest BCUT2D eigenvalue weighted by Crippen LogP contribution is 2.33. The summed E-state index contributed by atoms with van der Waals surface area (Å²) in [6.45, 7) is 3.52. The summed E-state index contributed by atoms with van der Waals surface area (Å²) in [6, 6.07) is 15.1. The summed E-state index contributed by atoms with van der Waals surface area (Å²) in [7, 11) is 0. The van der Waals surface area contributed by atoms with Crippen LogP contribution in [0.1, 0.15) is 46.5 Å². The van der Waals surface area contributed by atoms with E-state index in [1.807, 2.05) is 6.07 Å². The zero-order valence-electron chi connectivity index (χ0n) is 15.4. The molecule has 1 fully saturated rings. The Morgan fingerprint density at radius 2 is 2.07 bits per heavy atom. The summed E-state index contributed by atoms with van der Waals surface area (Å²) in [5, 5.41) is 9.68. The smallest absolute Gasteiger partial charge is 0.234 e. The molecule has 1 N–H and O–H groups in total. The number of likely N-dealkylation sites (tertiary alicyclic amines) is 1. The highest BCUT2D eigenvalue weighted by Gasteiger charge is 2.28. The molecule has 1 aromatic carbocycles. The van der Waals surface area contributed by atoms with Crippen LogP contribution in [0.15, 0.2) is 58.6 Å². The molecule has 2 atom stereocenters. The van der Waals surface area contributed by atoms with Gasteiger partial charge in [0, 0.05) is 10.9 Å². The van der Waals surface area contributed by atoms with E-state index in [0.29, 0.717) is 12.6 Å². The molecule has 1 aliphatic heterocycles. The van der Waals surface area contributed by atoms with Crippen molar-refractivity contribution in [3.05, 3.63) is 80.2 Å². The van der Waals surface area contributed by atoms with Gasteiger partial charge in [0.1, 0.15) is 0 Å². The van der Waals surface area contributed by atoms with Gasteiger partial charge < -0.3 is 5.32 Å². The third-order valence-corrected chi connectivity index (χ3v) is 6.82. The lowest BCUT2D eigenvalue weighted by Crippen LogP contribution is -2.38. The number of carbonyl (C=O) groups is 1. The molecule has 2 aromatic heterocycles. The second kappa shape index (κ2) is 8.38. The molecular formula is C22H24N2OS2. The van der Waals surface area contributed by atoms with Gasteiger partial charge in [0.05, 0.1) is 12.6 Å². The van der Waals surface area contributed by atoms with Crippen LogP contribution in [-0.4, -0.2) is 23.9 Å². The summed E-state index contributed by atoms with van der Waals surface area (Å²) in [5.41, 5.74) is 3.71. The van der Waals surface area contributed by atoms with Gasteiger partial charge in [-0.15, -0.1) is 11.3 Å². The van der Waals surface area contributed by atoms with Crippen molar-refractivity contribution in [1.82, 2.24) is 10.2 Å². The molecule has 1 amide bonds. The molecule has 3 nitrogen and oxygen atoms in total. The number of amides is 1. The molecule has 0 bridgehead atoms. The normalized spacial score (nSPS) is 18.5. The number of aryl methyl sites for hydroxylation is 1. The second-order valence-electron chi connectivity index (χ2n) is 7.11. The van der Waals surface area contributed by atoms with E-state index in [2.05, 4.69) is 69.7 Å². The average molecular weight is 397 g/mol. The van der Waals surface area contributed by atoms with E-state index in [9.17, 15) is 4.79 Å². The number of thiophene rings is 2. The first-order valence-electron chi connectivity index (χ1n) is 9.36. The Bertz CT molecular complexity index is 856. The molecule has 3 heterocycles. The number of benzene rings is 1. The van der Waals surface area contributed by atoms with E-state index in [1.54, 1.807) is 22.7 Å². The van der Waals surface area contributed by atoms with E-state index in [1.165, 1.54) is 16.0 Å². The Hall–Kier alpha value is -1.95. The van der Waals surface area contributed by atoms with Crippen LogP contribution in [0.3, 0.4) is 0 Å². The first-order valence-corrected chi connectivity index (χ1v) is 11.2. The van der Waals surface area contributed by atoms with Crippen LogP contribution < -0.4 is 5.32 Å². The number of rotatable bonds is 6. The molecule has 0 spiro atoms. The SMILES string of the molecule is Cc1ccc(C(NC(=O)CN2CCCC2c2ccsc2)c2cccs2)cc1. The molecule has 5 heteroatoms. The third-order valence-electron chi connectivity index (χ3n) is 5.18. The summed E-state index contributed by atoms with van der Waals surface area (Å²) >= 11 is 3.42. The Balaban J connectivity index is 1.48. The predicted octanol–water partition coefficient (Wildman–Crippen LogP) is 5.16. The number of nitrogens with zero attached hydrogens (tertiary/aromatic N) is 1. The fourth-order valence-electron chi connectivity index (χ4n) is 3.78. The van der Waals surface area contributed by atoms with Gasteiger partial charge in [-0.2, -0.15) is 11.3 Å². The van der Waals surface area contributed by atoms with Gasteiger partial charge in [0.2, 0.25) is 5.91 Å². The fraction of sp³-hybridized carbons (Fsp3) is 0.318. The van der Waals surface area contributed by atoms with E-state index in [-0.39, 0.29) is 11.9 Å². The minimum absolute atomic E-state index is 0.0831. The van der Waals surface area contributed by atoms with E-state index < -0.39 is 0 Å². The minimum Gasteiger partial charge on any atom is -0.343 e. The molecule has 0 saturated carbocycles. The lowest BCUT2D eigenvalue weighted by Gasteiger charge is -2.25. The monoisotopic (exact) mass is 396 g/mol. The lowest BCUT2D eigenvalue weighted by molar-refractivity contribution is -0.123. The Morgan fingerprint density at radius 1 is 1.22 bits per heavy atom. The van der Waals surface area contributed by atoms with Crippen molar-refractivity contribution in [2.45, 2.75) is 31.8 Å². The first-order chi connectivity index (χ1) is 13.2. The van der Waals surface area contributed by atoms with Crippen LogP contribution in [0.25, 0.3) is 0 Å². The van der Waals surface area contributed by atoms with Gasteiger partial charge in [0.15, 0.2) is 0 Å². The maximum atomic E-state index is 12.9.